The fraction of sp³-hybridized carbons (Fsp3) is 0.600. The minimum Gasteiger partial charge on any atom is -0.491 e. The van der Waals surface area contributed by atoms with Gasteiger partial charge in [0.15, 0.2) is 11.6 Å². The number of carbonyl (C=O) groups is 4. The van der Waals surface area contributed by atoms with E-state index in [9.17, 15) is 19.2 Å². The SMILES string of the molecule is CC(=O)c1cccc(OCCN2CCNCC2)c1C(C)=O.CCC(C)C1CCC(=O)NC1=O. The Morgan fingerprint density at radius 1 is 1.15 bits per heavy atom. The van der Waals surface area contributed by atoms with Crippen molar-refractivity contribution in [2.45, 2.75) is 47.0 Å². The van der Waals surface area contributed by atoms with Crippen molar-refractivity contribution in [3.05, 3.63) is 29.3 Å². The van der Waals surface area contributed by atoms with Gasteiger partial charge in [-0.05, 0) is 32.3 Å². The van der Waals surface area contributed by atoms with Crippen LogP contribution in [0.3, 0.4) is 0 Å². The molecule has 2 amide bonds. The predicted octanol–water partition coefficient (Wildman–Crippen LogP) is 2.46. The molecule has 0 spiro atoms. The van der Waals surface area contributed by atoms with E-state index in [2.05, 4.69) is 29.4 Å². The van der Waals surface area contributed by atoms with Crippen molar-refractivity contribution in [2.75, 3.05) is 39.3 Å². The molecule has 0 saturated carbocycles. The molecule has 2 aliphatic heterocycles. The maximum Gasteiger partial charge on any atom is 0.229 e. The van der Waals surface area contributed by atoms with Crippen molar-refractivity contribution >= 4 is 23.4 Å². The van der Waals surface area contributed by atoms with Crippen LogP contribution in [0.15, 0.2) is 18.2 Å². The smallest absolute Gasteiger partial charge is 0.229 e. The summed E-state index contributed by atoms with van der Waals surface area (Å²) in [6.07, 6.45) is 2.21. The molecule has 3 rings (SSSR count). The Hall–Kier alpha value is -2.58. The van der Waals surface area contributed by atoms with Gasteiger partial charge in [0.25, 0.3) is 0 Å². The lowest BCUT2D eigenvalue weighted by atomic mass is 9.85. The molecular weight excluding hydrogens is 422 g/mol. The van der Waals surface area contributed by atoms with Gasteiger partial charge in [0.05, 0.1) is 5.56 Å². The summed E-state index contributed by atoms with van der Waals surface area (Å²) in [5, 5.41) is 5.67. The summed E-state index contributed by atoms with van der Waals surface area (Å²) in [6.45, 7) is 12.4. The van der Waals surface area contributed by atoms with Gasteiger partial charge in [0.1, 0.15) is 12.4 Å². The molecular formula is C25H37N3O5. The van der Waals surface area contributed by atoms with Crippen LogP contribution in [-0.2, 0) is 9.59 Å². The molecule has 182 valence electrons. The van der Waals surface area contributed by atoms with Crippen LogP contribution in [0.1, 0.15) is 67.7 Å². The molecule has 0 radical (unpaired) electrons. The first-order valence-electron chi connectivity index (χ1n) is 11.8. The largest absolute Gasteiger partial charge is 0.491 e. The normalized spacial score (nSPS) is 19.7. The second kappa shape index (κ2) is 13.2. The topological polar surface area (TPSA) is 105 Å². The molecule has 0 aromatic heterocycles. The van der Waals surface area contributed by atoms with E-state index in [1.54, 1.807) is 18.2 Å². The minimum atomic E-state index is -0.141. The molecule has 2 atom stereocenters. The van der Waals surface area contributed by atoms with Crippen LogP contribution in [0.2, 0.25) is 0 Å². The average molecular weight is 460 g/mol. The predicted molar refractivity (Wildman–Crippen MR) is 127 cm³/mol. The van der Waals surface area contributed by atoms with Crippen LogP contribution < -0.4 is 15.4 Å². The van der Waals surface area contributed by atoms with Gasteiger partial charge in [-0.25, -0.2) is 0 Å². The van der Waals surface area contributed by atoms with Gasteiger partial charge < -0.3 is 10.1 Å². The summed E-state index contributed by atoms with van der Waals surface area (Å²) in [6, 6.07) is 5.17. The fourth-order valence-electron chi connectivity index (χ4n) is 4.07. The van der Waals surface area contributed by atoms with E-state index in [1.807, 2.05) is 0 Å². The number of ether oxygens (including phenoxy) is 1. The van der Waals surface area contributed by atoms with Crippen molar-refractivity contribution in [2.24, 2.45) is 11.8 Å². The van der Waals surface area contributed by atoms with Gasteiger partial charge in [-0.1, -0.05) is 32.4 Å². The molecule has 0 bridgehead atoms. The van der Waals surface area contributed by atoms with E-state index in [1.165, 1.54) is 13.8 Å². The summed E-state index contributed by atoms with van der Waals surface area (Å²) in [7, 11) is 0. The number of carbonyl (C=O) groups excluding carboxylic acids is 4. The van der Waals surface area contributed by atoms with E-state index in [-0.39, 0.29) is 29.3 Å². The lowest BCUT2D eigenvalue weighted by molar-refractivity contribution is -0.137. The van der Waals surface area contributed by atoms with Crippen molar-refractivity contribution in [3.63, 3.8) is 0 Å². The Balaban J connectivity index is 0.000000273. The minimum absolute atomic E-state index is 0.0488. The molecule has 8 nitrogen and oxygen atoms in total. The Labute approximate surface area is 196 Å². The number of Topliss-reactive ketones (excluding diaryl/α,β-unsaturated/α-hetero) is 2. The molecule has 2 unspecified atom stereocenters. The Morgan fingerprint density at radius 2 is 1.85 bits per heavy atom. The standard InChI is InChI=1S/C16H22N2O3.C9H15NO2/c1-12(19)14-4-3-5-15(16(14)13(2)20)21-11-10-18-8-6-17-7-9-18;1-3-6(2)7-4-5-8(11)10-9(7)12/h3-5,17H,6-11H2,1-2H3;6-7H,3-5H2,1-2H3,(H,10,11,12). The first kappa shape index (κ1) is 26.7. The van der Waals surface area contributed by atoms with Crippen LogP contribution >= 0.6 is 0 Å². The van der Waals surface area contributed by atoms with Crippen molar-refractivity contribution in [3.8, 4) is 5.75 Å². The molecule has 33 heavy (non-hydrogen) atoms. The molecule has 1 aromatic rings. The highest BCUT2D eigenvalue weighted by Crippen LogP contribution is 2.24. The van der Waals surface area contributed by atoms with E-state index < -0.39 is 0 Å². The third kappa shape index (κ3) is 8.05. The molecule has 8 heteroatoms. The molecule has 2 heterocycles. The van der Waals surface area contributed by atoms with Gasteiger partial charge in [-0.2, -0.15) is 0 Å². The monoisotopic (exact) mass is 459 g/mol. The van der Waals surface area contributed by atoms with Gasteiger partial charge in [-0.15, -0.1) is 0 Å². The maximum absolute atomic E-state index is 11.8. The number of imide groups is 1. The highest BCUT2D eigenvalue weighted by molar-refractivity contribution is 6.09. The number of piperazine rings is 1. The highest BCUT2D eigenvalue weighted by Gasteiger charge is 2.29. The van der Waals surface area contributed by atoms with Crippen molar-refractivity contribution < 1.29 is 23.9 Å². The molecule has 2 saturated heterocycles. The van der Waals surface area contributed by atoms with Crippen LogP contribution in [0.25, 0.3) is 0 Å². The number of ketones is 2. The first-order valence-corrected chi connectivity index (χ1v) is 11.8. The zero-order chi connectivity index (χ0) is 24.4. The third-order valence-electron chi connectivity index (χ3n) is 6.24. The number of rotatable bonds is 8. The van der Waals surface area contributed by atoms with Crippen LogP contribution in [0, 0.1) is 11.8 Å². The Kier molecular flexibility index (Phi) is 10.7. The zero-order valence-corrected chi connectivity index (χ0v) is 20.2. The molecule has 2 aliphatic rings. The number of nitrogens with zero attached hydrogens (tertiary/aromatic N) is 1. The number of hydrogen-bond donors (Lipinski definition) is 2. The zero-order valence-electron chi connectivity index (χ0n) is 20.2. The van der Waals surface area contributed by atoms with Crippen LogP contribution in [0.5, 0.6) is 5.75 Å². The maximum atomic E-state index is 11.8. The van der Waals surface area contributed by atoms with Crippen molar-refractivity contribution in [1.29, 1.82) is 0 Å². The lowest BCUT2D eigenvalue weighted by Crippen LogP contribution is -2.44. The Morgan fingerprint density at radius 3 is 2.42 bits per heavy atom. The van der Waals surface area contributed by atoms with E-state index in [0.29, 0.717) is 35.8 Å². The number of hydrogen-bond acceptors (Lipinski definition) is 7. The lowest BCUT2D eigenvalue weighted by Gasteiger charge is -2.27. The van der Waals surface area contributed by atoms with Crippen LogP contribution in [-0.4, -0.2) is 67.6 Å². The number of piperidine rings is 1. The first-order chi connectivity index (χ1) is 15.7. The summed E-state index contributed by atoms with van der Waals surface area (Å²) < 4.78 is 5.76. The van der Waals surface area contributed by atoms with Crippen molar-refractivity contribution in [1.82, 2.24) is 15.5 Å². The Bertz CT molecular complexity index is 848. The summed E-state index contributed by atoms with van der Waals surface area (Å²) in [5.41, 5.74) is 0.826. The van der Waals surface area contributed by atoms with Gasteiger partial charge in [0, 0.05) is 50.6 Å². The number of nitrogens with one attached hydrogen (secondary N) is 2. The van der Waals surface area contributed by atoms with Crippen LogP contribution in [0.4, 0.5) is 0 Å². The molecule has 0 aliphatic carbocycles. The third-order valence-corrected chi connectivity index (χ3v) is 6.24. The van der Waals surface area contributed by atoms with E-state index in [0.717, 1.165) is 45.6 Å². The van der Waals surface area contributed by atoms with Gasteiger partial charge in [0.2, 0.25) is 11.8 Å². The summed E-state index contributed by atoms with van der Waals surface area (Å²) in [4.78, 5) is 47.8. The van der Waals surface area contributed by atoms with E-state index >= 15 is 0 Å². The molecule has 2 fully saturated rings. The van der Waals surface area contributed by atoms with E-state index in [4.69, 9.17) is 4.74 Å². The quantitative estimate of drug-likeness (QED) is 0.454. The second-order valence-electron chi connectivity index (χ2n) is 8.67. The average Bonchev–Trinajstić information content (AvgIpc) is 2.79. The van der Waals surface area contributed by atoms with Gasteiger partial charge >= 0.3 is 0 Å². The van der Waals surface area contributed by atoms with Gasteiger partial charge in [-0.3, -0.25) is 29.4 Å². The molecule has 2 N–H and O–H groups in total. The highest BCUT2D eigenvalue weighted by atomic mass is 16.5. The number of benzene rings is 1. The summed E-state index contributed by atoms with van der Waals surface area (Å²) >= 11 is 0. The number of amides is 2. The molecule has 1 aromatic carbocycles. The second-order valence-corrected chi connectivity index (χ2v) is 8.67. The summed E-state index contributed by atoms with van der Waals surface area (Å²) in [5.74, 6) is 0.474. The fourth-order valence-corrected chi connectivity index (χ4v) is 4.07.